The van der Waals surface area contributed by atoms with Crippen LogP contribution in [-0.2, 0) is 4.74 Å². The molecule has 1 aliphatic heterocycles. The van der Waals surface area contributed by atoms with Crippen LogP contribution in [-0.4, -0.2) is 43.3 Å². The van der Waals surface area contributed by atoms with Crippen molar-refractivity contribution in [1.82, 2.24) is 4.90 Å². The average molecular weight is 254 g/mol. The van der Waals surface area contributed by atoms with Gasteiger partial charge < -0.3 is 10.5 Å². The molecule has 0 aromatic rings. The van der Waals surface area contributed by atoms with Crippen LogP contribution in [0.15, 0.2) is 0 Å². The zero-order valence-corrected chi connectivity index (χ0v) is 12.2. The van der Waals surface area contributed by atoms with Crippen molar-refractivity contribution in [3.63, 3.8) is 0 Å². The predicted octanol–water partition coefficient (Wildman–Crippen LogP) is 2.40. The van der Waals surface area contributed by atoms with E-state index in [0.29, 0.717) is 5.41 Å². The zero-order chi connectivity index (χ0) is 13.1. The Morgan fingerprint density at radius 2 is 1.89 bits per heavy atom. The van der Waals surface area contributed by atoms with Gasteiger partial charge in [0.1, 0.15) is 0 Å². The molecule has 2 N–H and O–H groups in total. The Kier molecular flexibility index (Phi) is 4.68. The summed E-state index contributed by atoms with van der Waals surface area (Å²) in [6.07, 6.45) is 8.12. The van der Waals surface area contributed by atoms with Gasteiger partial charge in [0.15, 0.2) is 0 Å². The van der Waals surface area contributed by atoms with Crippen LogP contribution in [0.25, 0.3) is 0 Å². The van der Waals surface area contributed by atoms with E-state index in [2.05, 4.69) is 18.7 Å². The van der Waals surface area contributed by atoms with Crippen molar-refractivity contribution in [2.45, 2.75) is 57.9 Å². The molecular weight excluding hydrogens is 224 g/mol. The zero-order valence-electron chi connectivity index (χ0n) is 12.2. The molecule has 2 rings (SSSR count). The summed E-state index contributed by atoms with van der Waals surface area (Å²) in [7, 11) is 0. The second-order valence-corrected chi connectivity index (χ2v) is 6.87. The molecule has 2 fully saturated rings. The highest BCUT2D eigenvalue weighted by atomic mass is 16.5. The molecular formula is C15H30N2O. The first-order valence-electron chi connectivity index (χ1n) is 7.61. The van der Waals surface area contributed by atoms with Gasteiger partial charge in [0.05, 0.1) is 13.2 Å². The number of nitrogens with zero attached hydrogens (tertiary/aromatic N) is 1. The maximum Gasteiger partial charge on any atom is 0.0645 e. The van der Waals surface area contributed by atoms with E-state index in [9.17, 15) is 0 Å². The molecule has 2 aliphatic rings. The highest BCUT2D eigenvalue weighted by Crippen LogP contribution is 2.39. The van der Waals surface area contributed by atoms with Crippen LogP contribution in [0.1, 0.15) is 52.4 Å². The summed E-state index contributed by atoms with van der Waals surface area (Å²) >= 11 is 0. The molecule has 1 saturated carbocycles. The Balaban J connectivity index is 1.88. The summed E-state index contributed by atoms with van der Waals surface area (Å²) < 4.78 is 5.59. The number of morpholine rings is 1. The van der Waals surface area contributed by atoms with Gasteiger partial charge in [-0.2, -0.15) is 0 Å². The third-order valence-corrected chi connectivity index (χ3v) is 5.08. The first-order chi connectivity index (χ1) is 8.58. The van der Waals surface area contributed by atoms with E-state index in [0.717, 1.165) is 26.3 Å². The van der Waals surface area contributed by atoms with Crippen LogP contribution < -0.4 is 5.73 Å². The minimum absolute atomic E-state index is 0.197. The fourth-order valence-electron chi connectivity index (χ4n) is 3.54. The Morgan fingerprint density at radius 3 is 2.50 bits per heavy atom. The molecule has 0 atom stereocenters. The third-order valence-electron chi connectivity index (χ3n) is 5.08. The second-order valence-electron chi connectivity index (χ2n) is 6.87. The molecule has 1 aliphatic carbocycles. The van der Waals surface area contributed by atoms with Crippen LogP contribution in [0.3, 0.4) is 0 Å². The van der Waals surface area contributed by atoms with Crippen molar-refractivity contribution < 1.29 is 4.74 Å². The summed E-state index contributed by atoms with van der Waals surface area (Å²) in [6.45, 7) is 9.48. The van der Waals surface area contributed by atoms with Gasteiger partial charge in [-0.1, -0.05) is 19.3 Å². The maximum atomic E-state index is 6.08. The second kappa shape index (κ2) is 5.89. The summed E-state index contributed by atoms with van der Waals surface area (Å²) in [5.74, 6) is 0. The molecule has 0 bridgehead atoms. The van der Waals surface area contributed by atoms with E-state index in [4.69, 9.17) is 10.5 Å². The van der Waals surface area contributed by atoms with Gasteiger partial charge in [-0.15, -0.1) is 0 Å². The van der Waals surface area contributed by atoms with Gasteiger partial charge in [0.25, 0.3) is 0 Å². The number of rotatable bonds is 4. The molecule has 3 nitrogen and oxygen atoms in total. The number of ether oxygens (including phenoxy) is 1. The summed E-state index contributed by atoms with van der Waals surface area (Å²) in [5.41, 5.74) is 6.71. The van der Waals surface area contributed by atoms with Crippen molar-refractivity contribution >= 4 is 0 Å². The van der Waals surface area contributed by atoms with Crippen molar-refractivity contribution in [3.05, 3.63) is 0 Å². The van der Waals surface area contributed by atoms with Gasteiger partial charge in [0.2, 0.25) is 0 Å². The van der Waals surface area contributed by atoms with E-state index in [1.54, 1.807) is 0 Å². The van der Waals surface area contributed by atoms with Crippen molar-refractivity contribution in [2.75, 3.05) is 32.8 Å². The minimum atomic E-state index is 0.197. The Labute approximate surface area is 112 Å². The lowest BCUT2D eigenvalue weighted by molar-refractivity contribution is -0.0566. The molecule has 0 aromatic heterocycles. The highest BCUT2D eigenvalue weighted by Gasteiger charge is 2.35. The highest BCUT2D eigenvalue weighted by molar-refractivity contribution is 4.89. The van der Waals surface area contributed by atoms with Gasteiger partial charge in [-0.3, -0.25) is 4.90 Å². The van der Waals surface area contributed by atoms with E-state index in [1.165, 1.54) is 45.1 Å². The van der Waals surface area contributed by atoms with Crippen LogP contribution in [0.5, 0.6) is 0 Å². The molecule has 3 heteroatoms. The molecule has 106 valence electrons. The molecule has 0 aromatic carbocycles. The van der Waals surface area contributed by atoms with Crippen molar-refractivity contribution in [1.29, 1.82) is 0 Å². The van der Waals surface area contributed by atoms with E-state index in [1.807, 2.05) is 0 Å². The van der Waals surface area contributed by atoms with Crippen LogP contribution in [0, 0.1) is 5.41 Å². The monoisotopic (exact) mass is 254 g/mol. The maximum absolute atomic E-state index is 6.08. The summed E-state index contributed by atoms with van der Waals surface area (Å²) in [4.78, 5) is 2.60. The quantitative estimate of drug-likeness (QED) is 0.837. The average Bonchev–Trinajstić information content (AvgIpc) is 2.38. The van der Waals surface area contributed by atoms with Gasteiger partial charge >= 0.3 is 0 Å². The van der Waals surface area contributed by atoms with Crippen LogP contribution in [0.2, 0.25) is 0 Å². The SMILES string of the molecule is CC1(C)COCCN1CCC1(CN)CCCCC1. The summed E-state index contributed by atoms with van der Waals surface area (Å²) in [5, 5.41) is 0. The third kappa shape index (κ3) is 3.25. The Hall–Kier alpha value is -0.120. The molecule has 1 heterocycles. The first-order valence-corrected chi connectivity index (χ1v) is 7.61. The summed E-state index contributed by atoms with van der Waals surface area (Å²) in [6, 6.07) is 0. The lowest BCUT2D eigenvalue weighted by Crippen LogP contribution is -2.54. The normalized spacial score (nSPS) is 28.2. The van der Waals surface area contributed by atoms with Gasteiger partial charge in [-0.25, -0.2) is 0 Å². The van der Waals surface area contributed by atoms with E-state index < -0.39 is 0 Å². The fraction of sp³-hybridized carbons (Fsp3) is 1.00. The first kappa shape index (κ1) is 14.3. The van der Waals surface area contributed by atoms with Crippen LogP contribution >= 0.6 is 0 Å². The molecule has 1 saturated heterocycles. The van der Waals surface area contributed by atoms with Crippen LogP contribution in [0.4, 0.5) is 0 Å². The standard InChI is InChI=1S/C15H30N2O/c1-14(2)13-18-11-10-17(14)9-8-15(12-16)6-4-3-5-7-15/h3-13,16H2,1-2H3. The Bertz CT molecular complexity index is 259. The van der Waals surface area contributed by atoms with E-state index >= 15 is 0 Å². The molecule has 0 spiro atoms. The van der Waals surface area contributed by atoms with E-state index in [-0.39, 0.29) is 5.54 Å². The van der Waals surface area contributed by atoms with Gasteiger partial charge in [0, 0.05) is 12.1 Å². The van der Waals surface area contributed by atoms with Crippen molar-refractivity contribution in [3.8, 4) is 0 Å². The van der Waals surface area contributed by atoms with Gasteiger partial charge in [-0.05, 0) is 51.6 Å². The molecule has 0 radical (unpaired) electrons. The molecule has 0 amide bonds. The Morgan fingerprint density at radius 1 is 1.17 bits per heavy atom. The lowest BCUT2D eigenvalue weighted by Gasteiger charge is -2.45. The lowest BCUT2D eigenvalue weighted by atomic mass is 9.71. The number of hydrogen-bond donors (Lipinski definition) is 1. The largest absolute Gasteiger partial charge is 0.378 e. The molecule has 0 unspecified atom stereocenters. The van der Waals surface area contributed by atoms with Crippen molar-refractivity contribution in [2.24, 2.45) is 11.1 Å². The topological polar surface area (TPSA) is 38.5 Å². The number of nitrogens with two attached hydrogens (primary N) is 1. The minimum Gasteiger partial charge on any atom is -0.378 e. The number of hydrogen-bond acceptors (Lipinski definition) is 3. The fourth-order valence-corrected chi connectivity index (χ4v) is 3.54. The smallest absolute Gasteiger partial charge is 0.0645 e. The predicted molar refractivity (Wildman–Crippen MR) is 75.7 cm³/mol. The molecule has 18 heavy (non-hydrogen) atoms.